The maximum Gasteiger partial charge on any atom is 0.244 e. The molecule has 9 heteroatoms. The maximum absolute atomic E-state index is 13.0. The first-order valence-electron chi connectivity index (χ1n) is 9.53. The molecular formula is C21H25ClN2O5S. The monoisotopic (exact) mass is 452 g/mol. The van der Waals surface area contributed by atoms with Crippen LogP contribution in [0.4, 0.5) is 5.69 Å². The van der Waals surface area contributed by atoms with E-state index in [0.29, 0.717) is 41.0 Å². The topological polar surface area (TPSA) is 84.9 Å². The van der Waals surface area contributed by atoms with Crippen LogP contribution in [0.1, 0.15) is 31.0 Å². The number of anilines is 1. The smallest absolute Gasteiger partial charge is 0.244 e. The molecule has 1 aliphatic rings. The third-order valence-electron chi connectivity index (χ3n) is 4.92. The summed E-state index contributed by atoms with van der Waals surface area (Å²) in [6.45, 7) is 6.11. The first-order chi connectivity index (χ1) is 14.1. The van der Waals surface area contributed by atoms with E-state index in [1.54, 1.807) is 38.1 Å². The number of sulfonamides is 1. The Morgan fingerprint density at radius 1 is 1.10 bits per heavy atom. The summed E-state index contributed by atoms with van der Waals surface area (Å²) >= 11 is 6.07. The highest BCUT2D eigenvalue weighted by Crippen LogP contribution is 2.33. The van der Waals surface area contributed by atoms with E-state index in [4.69, 9.17) is 21.1 Å². The zero-order valence-electron chi connectivity index (χ0n) is 17.3. The molecule has 0 aliphatic carbocycles. The number of ether oxygens (including phenoxy) is 2. The number of nitrogens with one attached hydrogen (secondary N) is 1. The van der Waals surface area contributed by atoms with Crippen molar-refractivity contribution < 1.29 is 22.7 Å². The van der Waals surface area contributed by atoms with Crippen LogP contribution in [0.25, 0.3) is 0 Å². The first kappa shape index (κ1) is 22.2. The van der Waals surface area contributed by atoms with Gasteiger partial charge in [0, 0.05) is 5.02 Å². The Morgan fingerprint density at radius 2 is 1.77 bits per heavy atom. The SMILES string of the molecule is Cc1ccc(Cl)cc1N(C(C)C(=O)NC(C)c1ccc2c(c1)OCCO2)S(C)(=O)=O. The summed E-state index contributed by atoms with van der Waals surface area (Å²) in [6, 6.07) is 9.07. The van der Waals surface area contributed by atoms with Gasteiger partial charge in [-0.2, -0.15) is 0 Å². The molecule has 0 bridgehead atoms. The number of nitrogens with zero attached hydrogens (tertiary/aromatic N) is 1. The van der Waals surface area contributed by atoms with Gasteiger partial charge in [0.05, 0.1) is 18.0 Å². The fourth-order valence-corrected chi connectivity index (χ4v) is 4.74. The fraction of sp³-hybridized carbons (Fsp3) is 0.381. The van der Waals surface area contributed by atoms with Crippen molar-refractivity contribution in [3.05, 3.63) is 52.5 Å². The molecule has 1 N–H and O–H groups in total. The van der Waals surface area contributed by atoms with Crippen molar-refractivity contribution >= 4 is 33.2 Å². The van der Waals surface area contributed by atoms with Gasteiger partial charge in [-0.1, -0.05) is 23.7 Å². The van der Waals surface area contributed by atoms with Gasteiger partial charge in [0.1, 0.15) is 19.3 Å². The van der Waals surface area contributed by atoms with E-state index in [2.05, 4.69) is 5.32 Å². The van der Waals surface area contributed by atoms with Gasteiger partial charge >= 0.3 is 0 Å². The van der Waals surface area contributed by atoms with Crippen LogP contribution >= 0.6 is 11.6 Å². The first-order valence-corrected chi connectivity index (χ1v) is 11.8. The third-order valence-corrected chi connectivity index (χ3v) is 6.38. The summed E-state index contributed by atoms with van der Waals surface area (Å²) in [7, 11) is -3.74. The summed E-state index contributed by atoms with van der Waals surface area (Å²) in [4.78, 5) is 13.0. The average Bonchev–Trinajstić information content (AvgIpc) is 2.69. The summed E-state index contributed by atoms with van der Waals surface area (Å²) in [6.07, 6.45) is 1.07. The Bertz CT molecular complexity index is 1060. The van der Waals surface area contributed by atoms with Crippen molar-refractivity contribution in [1.29, 1.82) is 0 Å². The molecule has 7 nitrogen and oxygen atoms in total. The molecule has 0 saturated carbocycles. The standard InChI is InChI=1S/C21H25ClN2O5S/c1-13-5-7-17(22)12-18(13)24(30(4,26)27)15(3)21(25)23-14(2)16-6-8-19-20(11-16)29-10-9-28-19/h5-8,11-12,14-15H,9-10H2,1-4H3,(H,23,25). The Balaban J connectivity index is 1.83. The number of benzene rings is 2. The number of carbonyl (C=O) groups excluding carboxylic acids is 1. The van der Waals surface area contributed by atoms with Crippen molar-refractivity contribution in [2.75, 3.05) is 23.8 Å². The largest absolute Gasteiger partial charge is 0.486 e. The van der Waals surface area contributed by atoms with E-state index in [1.807, 2.05) is 19.1 Å². The molecule has 2 unspecified atom stereocenters. The molecule has 162 valence electrons. The van der Waals surface area contributed by atoms with Gasteiger partial charge < -0.3 is 14.8 Å². The quantitative estimate of drug-likeness (QED) is 0.725. The Morgan fingerprint density at radius 3 is 2.43 bits per heavy atom. The van der Waals surface area contributed by atoms with Crippen LogP contribution in [0.3, 0.4) is 0 Å². The summed E-state index contributed by atoms with van der Waals surface area (Å²) in [5.74, 6) is 0.860. The third kappa shape index (κ3) is 4.82. The lowest BCUT2D eigenvalue weighted by atomic mass is 10.1. The number of rotatable bonds is 6. The van der Waals surface area contributed by atoms with Crippen LogP contribution in [-0.2, 0) is 14.8 Å². The normalized spacial score (nSPS) is 15.2. The van der Waals surface area contributed by atoms with E-state index in [9.17, 15) is 13.2 Å². The van der Waals surface area contributed by atoms with Crippen LogP contribution in [-0.4, -0.2) is 39.8 Å². The minimum atomic E-state index is -3.74. The Kier molecular flexibility index (Phi) is 6.47. The molecule has 2 atom stereocenters. The summed E-state index contributed by atoms with van der Waals surface area (Å²) in [5, 5.41) is 3.28. The number of amides is 1. The predicted molar refractivity (Wildman–Crippen MR) is 117 cm³/mol. The van der Waals surface area contributed by atoms with E-state index in [0.717, 1.165) is 16.1 Å². The minimum absolute atomic E-state index is 0.363. The van der Waals surface area contributed by atoms with Crippen molar-refractivity contribution in [3.63, 3.8) is 0 Å². The van der Waals surface area contributed by atoms with Gasteiger partial charge in [-0.15, -0.1) is 0 Å². The molecular weight excluding hydrogens is 428 g/mol. The average molecular weight is 453 g/mol. The lowest BCUT2D eigenvalue weighted by Crippen LogP contribution is -2.48. The lowest BCUT2D eigenvalue weighted by molar-refractivity contribution is -0.122. The van der Waals surface area contributed by atoms with E-state index in [1.165, 1.54) is 0 Å². The highest BCUT2D eigenvalue weighted by Gasteiger charge is 2.31. The number of hydrogen-bond donors (Lipinski definition) is 1. The van der Waals surface area contributed by atoms with E-state index < -0.39 is 22.0 Å². The van der Waals surface area contributed by atoms with Gasteiger partial charge in [-0.25, -0.2) is 8.42 Å². The molecule has 1 amide bonds. The van der Waals surface area contributed by atoms with Crippen LogP contribution in [0.2, 0.25) is 5.02 Å². The maximum atomic E-state index is 13.0. The van der Waals surface area contributed by atoms with Crippen molar-refractivity contribution in [1.82, 2.24) is 5.32 Å². The second-order valence-electron chi connectivity index (χ2n) is 7.30. The van der Waals surface area contributed by atoms with Crippen LogP contribution in [0, 0.1) is 6.92 Å². The number of hydrogen-bond acceptors (Lipinski definition) is 5. The van der Waals surface area contributed by atoms with Gasteiger partial charge in [0.2, 0.25) is 15.9 Å². The highest BCUT2D eigenvalue weighted by molar-refractivity contribution is 7.92. The van der Waals surface area contributed by atoms with Crippen LogP contribution < -0.4 is 19.1 Å². The van der Waals surface area contributed by atoms with Gasteiger partial charge in [-0.3, -0.25) is 9.10 Å². The van der Waals surface area contributed by atoms with Crippen LogP contribution in [0.15, 0.2) is 36.4 Å². The van der Waals surface area contributed by atoms with Crippen molar-refractivity contribution in [3.8, 4) is 11.5 Å². The van der Waals surface area contributed by atoms with Crippen molar-refractivity contribution in [2.24, 2.45) is 0 Å². The van der Waals surface area contributed by atoms with Gasteiger partial charge in [-0.05, 0) is 56.2 Å². The molecule has 0 spiro atoms. The molecule has 0 radical (unpaired) electrons. The molecule has 0 saturated heterocycles. The number of carbonyl (C=O) groups is 1. The molecule has 0 fully saturated rings. The molecule has 3 rings (SSSR count). The molecule has 30 heavy (non-hydrogen) atoms. The molecule has 2 aromatic rings. The number of halogens is 1. The van der Waals surface area contributed by atoms with Gasteiger partial charge in [0.25, 0.3) is 0 Å². The van der Waals surface area contributed by atoms with E-state index in [-0.39, 0.29) is 6.04 Å². The predicted octanol–water partition coefficient (Wildman–Crippen LogP) is 3.45. The lowest BCUT2D eigenvalue weighted by Gasteiger charge is -2.30. The molecule has 1 aliphatic heterocycles. The summed E-state index contributed by atoms with van der Waals surface area (Å²) in [5.41, 5.74) is 1.90. The Labute approximate surface area is 182 Å². The van der Waals surface area contributed by atoms with Crippen LogP contribution in [0.5, 0.6) is 11.5 Å². The second kappa shape index (κ2) is 8.73. The minimum Gasteiger partial charge on any atom is -0.486 e. The Hall–Kier alpha value is -2.45. The van der Waals surface area contributed by atoms with Crippen molar-refractivity contribution in [2.45, 2.75) is 32.9 Å². The zero-order chi connectivity index (χ0) is 22.1. The van der Waals surface area contributed by atoms with Gasteiger partial charge in [0.15, 0.2) is 11.5 Å². The molecule has 0 aromatic heterocycles. The number of fused-ring (bicyclic) bond motifs is 1. The summed E-state index contributed by atoms with van der Waals surface area (Å²) < 4.78 is 37.3. The second-order valence-corrected chi connectivity index (χ2v) is 9.59. The molecule has 2 aromatic carbocycles. The zero-order valence-corrected chi connectivity index (χ0v) is 18.9. The highest BCUT2D eigenvalue weighted by atomic mass is 35.5. The fourth-order valence-electron chi connectivity index (χ4n) is 3.35. The molecule has 1 heterocycles. The van der Waals surface area contributed by atoms with E-state index >= 15 is 0 Å². The number of aryl methyl sites for hydroxylation is 1.